The van der Waals surface area contributed by atoms with Crippen LogP contribution in [0.2, 0.25) is 0 Å². The van der Waals surface area contributed by atoms with E-state index >= 15 is 0 Å². The van der Waals surface area contributed by atoms with Crippen LogP contribution in [-0.4, -0.2) is 83.1 Å². The smallest absolute Gasteiger partial charge is 0.243 e. The van der Waals surface area contributed by atoms with Crippen LogP contribution < -0.4 is 0 Å². The number of hydrogen-bond donors (Lipinski definition) is 0. The second-order valence-electron chi connectivity index (χ2n) is 11.2. The molecule has 2 aromatic carbocycles. The van der Waals surface area contributed by atoms with Gasteiger partial charge in [-0.25, -0.2) is 8.42 Å². The van der Waals surface area contributed by atoms with Gasteiger partial charge in [0.15, 0.2) is 0 Å². The van der Waals surface area contributed by atoms with E-state index in [4.69, 9.17) is 0 Å². The molecule has 9 heteroatoms. The van der Waals surface area contributed by atoms with Crippen LogP contribution in [0, 0.1) is 6.92 Å². The van der Waals surface area contributed by atoms with E-state index in [0.29, 0.717) is 29.9 Å². The molecule has 0 saturated carbocycles. The number of piperazine rings is 1. The summed E-state index contributed by atoms with van der Waals surface area (Å²) in [4.78, 5) is 5.45. The Morgan fingerprint density at radius 2 is 1.46 bits per heavy atom. The number of rotatable bonds is 9. The first-order chi connectivity index (χ1) is 18.8. The molecular weight excluding hydrogens is 508 g/mol. The highest BCUT2D eigenvalue weighted by Crippen LogP contribution is 2.30. The zero-order valence-corrected chi connectivity index (χ0v) is 24.3. The van der Waals surface area contributed by atoms with Gasteiger partial charge in [0.1, 0.15) is 11.6 Å². The van der Waals surface area contributed by atoms with Crippen LogP contribution in [-0.2, 0) is 10.0 Å². The molecule has 0 radical (unpaired) electrons. The molecule has 210 valence electrons. The molecule has 2 aliphatic heterocycles. The molecule has 0 spiro atoms. The van der Waals surface area contributed by atoms with Crippen molar-refractivity contribution < 1.29 is 8.42 Å². The second kappa shape index (κ2) is 12.3. The van der Waals surface area contributed by atoms with Crippen molar-refractivity contribution >= 4 is 10.0 Å². The average Bonchev–Trinajstić information content (AvgIpc) is 3.36. The lowest BCUT2D eigenvalue weighted by molar-refractivity contribution is 0.110. The first-order valence-electron chi connectivity index (χ1n) is 14.3. The normalized spacial score (nSPS) is 19.5. The molecule has 2 aliphatic rings. The van der Waals surface area contributed by atoms with Crippen molar-refractivity contribution in [3.05, 3.63) is 77.9 Å². The molecule has 39 heavy (non-hydrogen) atoms. The molecule has 3 aromatic rings. The largest absolute Gasteiger partial charge is 0.312 e. The Morgan fingerprint density at radius 1 is 0.846 bits per heavy atom. The maximum Gasteiger partial charge on any atom is 0.243 e. The van der Waals surface area contributed by atoms with Gasteiger partial charge < -0.3 is 9.47 Å². The Balaban J connectivity index is 1.20. The van der Waals surface area contributed by atoms with E-state index in [2.05, 4.69) is 75.7 Å². The molecule has 0 aliphatic carbocycles. The summed E-state index contributed by atoms with van der Waals surface area (Å²) in [5, 5.41) is 8.81. The Kier molecular flexibility index (Phi) is 8.81. The van der Waals surface area contributed by atoms with Crippen LogP contribution in [0.4, 0.5) is 0 Å². The summed E-state index contributed by atoms with van der Waals surface area (Å²) >= 11 is 0. The fourth-order valence-corrected chi connectivity index (χ4v) is 7.61. The number of hydrogen-bond acceptors (Lipinski definition) is 6. The standard InChI is InChI=1S/C30H42N6O2S/c1-24(2)30-32-31-25(3)36(30)27-14-17-33(18-15-27)19-16-29(26-10-6-4-7-11-26)34-20-22-35(23-21-34)39(37,38)28-12-8-5-9-13-28/h4-13,24,27,29H,14-23H2,1-3H3/t29-/m0/s1. The Bertz CT molecular complexity index is 1300. The number of aromatic nitrogens is 3. The fourth-order valence-electron chi connectivity index (χ4n) is 6.17. The highest BCUT2D eigenvalue weighted by Gasteiger charge is 2.32. The van der Waals surface area contributed by atoms with Gasteiger partial charge in [0.05, 0.1) is 4.90 Å². The van der Waals surface area contributed by atoms with Gasteiger partial charge in [0.2, 0.25) is 10.0 Å². The first-order valence-corrected chi connectivity index (χ1v) is 15.8. The predicted octanol–water partition coefficient (Wildman–Crippen LogP) is 4.48. The van der Waals surface area contributed by atoms with Crippen molar-refractivity contribution in [3.63, 3.8) is 0 Å². The number of likely N-dealkylation sites (tertiary alicyclic amines) is 1. The Morgan fingerprint density at radius 3 is 2.08 bits per heavy atom. The minimum atomic E-state index is -3.45. The van der Waals surface area contributed by atoms with Gasteiger partial charge in [-0.15, -0.1) is 10.2 Å². The zero-order valence-electron chi connectivity index (χ0n) is 23.5. The van der Waals surface area contributed by atoms with Gasteiger partial charge in [-0.05, 0) is 50.4 Å². The third-order valence-electron chi connectivity index (χ3n) is 8.33. The van der Waals surface area contributed by atoms with Crippen LogP contribution in [0.25, 0.3) is 0 Å². The quantitative estimate of drug-likeness (QED) is 0.391. The van der Waals surface area contributed by atoms with Gasteiger partial charge in [-0.2, -0.15) is 4.31 Å². The number of sulfonamides is 1. The van der Waals surface area contributed by atoms with Crippen LogP contribution in [0.5, 0.6) is 0 Å². The van der Waals surface area contributed by atoms with Crippen molar-refractivity contribution in [2.45, 2.75) is 62.9 Å². The summed E-state index contributed by atoms with van der Waals surface area (Å²) in [5.74, 6) is 2.50. The van der Waals surface area contributed by atoms with Crippen molar-refractivity contribution in [2.24, 2.45) is 0 Å². The van der Waals surface area contributed by atoms with Gasteiger partial charge in [0, 0.05) is 57.3 Å². The van der Waals surface area contributed by atoms with E-state index in [0.717, 1.165) is 63.6 Å². The monoisotopic (exact) mass is 550 g/mol. The Hall–Kier alpha value is -2.59. The summed E-state index contributed by atoms with van der Waals surface area (Å²) in [6, 6.07) is 20.3. The minimum absolute atomic E-state index is 0.276. The number of benzene rings is 2. The van der Waals surface area contributed by atoms with Crippen LogP contribution in [0.1, 0.15) is 68.3 Å². The Labute approximate surface area is 233 Å². The molecule has 0 bridgehead atoms. The minimum Gasteiger partial charge on any atom is -0.312 e. The zero-order chi connectivity index (χ0) is 27.4. The lowest BCUT2D eigenvalue weighted by atomic mass is 9.99. The fraction of sp³-hybridized carbons (Fsp3) is 0.533. The van der Waals surface area contributed by atoms with Gasteiger partial charge in [-0.3, -0.25) is 4.90 Å². The molecule has 0 amide bonds. The van der Waals surface area contributed by atoms with E-state index in [9.17, 15) is 8.42 Å². The van der Waals surface area contributed by atoms with E-state index in [1.165, 1.54) is 5.56 Å². The van der Waals surface area contributed by atoms with E-state index in [-0.39, 0.29) is 6.04 Å². The summed E-state index contributed by atoms with van der Waals surface area (Å²) in [6.07, 6.45) is 3.26. The van der Waals surface area contributed by atoms with Crippen molar-refractivity contribution in [3.8, 4) is 0 Å². The molecule has 1 atom stereocenters. The molecule has 8 nitrogen and oxygen atoms in total. The molecular formula is C30H42N6O2S. The topological polar surface area (TPSA) is 74.6 Å². The van der Waals surface area contributed by atoms with Crippen molar-refractivity contribution in [1.29, 1.82) is 0 Å². The molecule has 5 rings (SSSR count). The van der Waals surface area contributed by atoms with Crippen LogP contribution in [0.3, 0.4) is 0 Å². The third kappa shape index (κ3) is 6.27. The average molecular weight is 551 g/mol. The summed E-state index contributed by atoms with van der Waals surface area (Å²) in [7, 11) is -3.45. The number of nitrogens with zero attached hydrogens (tertiary/aromatic N) is 6. The van der Waals surface area contributed by atoms with Gasteiger partial charge in [-0.1, -0.05) is 62.4 Å². The lowest BCUT2D eigenvalue weighted by Crippen LogP contribution is -2.50. The number of aryl methyl sites for hydroxylation is 1. The van der Waals surface area contributed by atoms with E-state index in [1.54, 1.807) is 28.6 Å². The van der Waals surface area contributed by atoms with Crippen molar-refractivity contribution in [2.75, 3.05) is 45.8 Å². The molecule has 0 N–H and O–H groups in total. The van der Waals surface area contributed by atoms with E-state index in [1.807, 2.05) is 6.07 Å². The van der Waals surface area contributed by atoms with Crippen LogP contribution >= 0.6 is 0 Å². The molecule has 0 unspecified atom stereocenters. The third-order valence-corrected chi connectivity index (χ3v) is 10.2. The van der Waals surface area contributed by atoms with Gasteiger partial charge in [0.25, 0.3) is 0 Å². The SMILES string of the molecule is Cc1nnc(C(C)C)n1C1CCN(CC[C@@H](c2ccccc2)N2CCN(S(=O)(=O)c3ccccc3)CC2)CC1. The molecule has 1 aromatic heterocycles. The number of piperidine rings is 1. The summed E-state index contributed by atoms with van der Waals surface area (Å²) in [5.41, 5.74) is 1.31. The highest BCUT2D eigenvalue weighted by molar-refractivity contribution is 7.89. The molecule has 2 fully saturated rings. The lowest BCUT2D eigenvalue weighted by Gasteiger charge is -2.40. The first kappa shape index (κ1) is 28.0. The second-order valence-corrected chi connectivity index (χ2v) is 13.1. The maximum atomic E-state index is 13.1. The van der Waals surface area contributed by atoms with Crippen molar-refractivity contribution in [1.82, 2.24) is 28.9 Å². The van der Waals surface area contributed by atoms with E-state index < -0.39 is 10.0 Å². The molecule has 2 saturated heterocycles. The summed E-state index contributed by atoms with van der Waals surface area (Å²) in [6.45, 7) is 12.1. The maximum absolute atomic E-state index is 13.1. The van der Waals surface area contributed by atoms with Crippen LogP contribution in [0.15, 0.2) is 65.6 Å². The highest BCUT2D eigenvalue weighted by atomic mass is 32.2. The summed E-state index contributed by atoms with van der Waals surface area (Å²) < 4.78 is 30.3. The molecule has 3 heterocycles. The van der Waals surface area contributed by atoms with Gasteiger partial charge >= 0.3 is 0 Å². The predicted molar refractivity (Wildman–Crippen MR) is 154 cm³/mol.